The molecule has 0 aliphatic carbocycles. The van der Waals surface area contributed by atoms with E-state index in [1.54, 1.807) is 21.6 Å². The maximum absolute atomic E-state index is 14.6. The Hall–Kier alpha value is -1.06. The van der Waals surface area contributed by atoms with E-state index in [9.17, 15) is 9.59 Å². The second kappa shape index (κ2) is 25.3. The number of carbonyl (C=O) groups is 2. The van der Waals surface area contributed by atoms with Crippen molar-refractivity contribution in [1.82, 2.24) is 0 Å². The van der Waals surface area contributed by atoms with Crippen LogP contribution in [0.25, 0.3) is 0 Å². The van der Waals surface area contributed by atoms with E-state index in [0.29, 0.717) is 11.1 Å². The summed E-state index contributed by atoms with van der Waals surface area (Å²) in [6.07, 6.45) is 26.2. The molecule has 8 heteroatoms. The van der Waals surface area contributed by atoms with Crippen LogP contribution in [0.5, 0.6) is 0 Å². The van der Waals surface area contributed by atoms with E-state index in [1.807, 2.05) is 48.5 Å². The molecule has 0 aliphatic rings. The van der Waals surface area contributed by atoms with E-state index in [-0.39, 0.29) is 11.9 Å². The molecule has 0 unspecified atom stereocenters. The molecule has 0 spiro atoms. The fourth-order valence-corrected chi connectivity index (χ4v) is 24.1. The van der Waals surface area contributed by atoms with Crippen molar-refractivity contribution in [3.05, 3.63) is 59.7 Å². The normalized spacial score (nSPS) is 13.5. The molecule has 54 heavy (non-hydrogen) atoms. The summed E-state index contributed by atoms with van der Waals surface area (Å²) < 4.78 is 14.3. The number of hydrogen-bond acceptors (Lipinski definition) is 6. The minimum atomic E-state index is -2.81. The molecule has 0 saturated heterocycles. The SMILES string of the molecule is CCCCP(CCCC)(CCCC)(CCCC)OC(=O)c1ccccc1SSc1ccccc1C(=O)OP(CCCC)(CCCC)(CCCC)CCCC. The first-order valence-corrected chi connectivity index (χ1v) is 30.0. The van der Waals surface area contributed by atoms with Crippen LogP contribution in [0.2, 0.25) is 0 Å². The van der Waals surface area contributed by atoms with Crippen LogP contribution < -0.4 is 0 Å². The Balaban J connectivity index is 2.53. The molecule has 0 aromatic heterocycles. The van der Waals surface area contributed by atoms with E-state index in [2.05, 4.69) is 55.4 Å². The van der Waals surface area contributed by atoms with Gasteiger partial charge in [-0.3, -0.25) is 0 Å². The second-order valence-electron chi connectivity index (χ2n) is 16.2. The van der Waals surface area contributed by atoms with Gasteiger partial charge in [0.1, 0.15) is 0 Å². The fraction of sp³-hybridized carbons (Fsp3) is 0.696. The summed E-state index contributed by atoms with van der Waals surface area (Å²) in [5.41, 5.74) is 1.29. The van der Waals surface area contributed by atoms with Crippen LogP contribution in [0, 0.1) is 0 Å². The van der Waals surface area contributed by atoms with Gasteiger partial charge in [0.15, 0.2) is 0 Å². The third kappa shape index (κ3) is 14.4. The molecule has 2 aromatic rings. The maximum atomic E-state index is 14.6. The predicted molar refractivity (Wildman–Crippen MR) is 247 cm³/mol. The Bertz CT molecular complexity index is 1190. The number of hydrogen-bond donors (Lipinski definition) is 0. The van der Waals surface area contributed by atoms with Crippen LogP contribution >= 0.6 is 35.2 Å². The van der Waals surface area contributed by atoms with E-state index in [1.165, 1.54) is 0 Å². The topological polar surface area (TPSA) is 52.6 Å². The molecular weight excluding hydrogens is 743 g/mol. The van der Waals surface area contributed by atoms with Crippen LogP contribution in [0.1, 0.15) is 179 Å². The zero-order chi connectivity index (χ0) is 39.8. The van der Waals surface area contributed by atoms with Crippen LogP contribution in [-0.2, 0) is 9.05 Å². The number of rotatable bonds is 31. The summed E-state index contributed by atoms with van der Waals surface area (Å²) >= 11 is 0. The first-order chi connectivity index (χ1) is 26.1. The Kier molecular flexibility index (Phi) is 23.0. The molecule has 0 heterocycles. The van der Waals surface area contributed by atoms with Crippen molar-refractivity contribution >= 4 is 47.2 Å². The van der Waals surface area contributed by atoms with Crippen molar-refractivity contribution < 1.29 is 18.6 Å². The van der Waals surface area contributed by atoms with Gasteiger partial charge in [0.05, 0.1) is 0 Å². The van der Waals surface area contributed by atoms with E-state index in [0.717, 1.165) is 162 Å². The van der Waals surface area contributed by atoms with E-state index < -0.39 is 13.7 Å². The van der Waals surface area contributed by atoms with Gasteiger partial charge < -0.3 is 0 Å². The van der Waals surface area contributed by atoms with Gasteiger partial charge in [-0.15, -0.1) is 0 Å². The first kappa shape index (κ1) is 49.1. The Labute approximate surface area is 341 Å². The molecule has 0 amide bonds. The van der Waals surface area contributed by atoms with Crippen molar-refractivity contribution in [3.63, 3.8) is 0 Å². The summed E-state index contributed by atoms with van der Waals surface area (Å²) in [7, 11) is 3.12. The van der Waals surface area contributed by atoms with Gasteiger partial charge in [0.25, 0.3) is 0 Å². The average Bonchev–Trinajstić information content (AvgIpc) is 3.20. The average molecular weight is 823 g/mol. The summed E-state index contributed by atoms with van der Waals surface area (Å²) in [5, 5.41) is 0. The van der Waals surface area contributed by atoms with Crippen LogP contribution in [0.15, 0.2) is 58.3 Å². The quantitative estimate of drug-likeness (QED) is 0.0558. The van der Waals surface area contributed by atoms with Gasteiger partial charge in [0, 0.05) is 0 Å². The first-order valence-electron chi connectivity index (χ1n) is 22.1. The third-order valence-corrected chi connectivity index (χ3v) is 27.2. The van der Waals surface area contributed by atoms with Gasteiger partial charge in [-0.25, -0.2) is 0 Å². The molecular formula is C46H80O4P2S2. The Morgan fingerprint density at radius 3 is 0.852 bits per heavy atom. The minimum absolute atomic E-state index is 0.153. The molecule has 0 atom stereocenters. The molecule has 2 rings (SSSR count). The van der Waals surface area contributed by atoms with Gasteiger partial charge in [0.2, 0.25) is 0 Å². The Morgan fingerprint density at radius 2 is 0.630 bits per heavy atom. The molecule has 0 fully saturated rings. The summed E-state index contributed by atoms with van der Waals surface area (Å²) in [4.78, 5) is 30.9. The molecule has 0 N–H and O–H groups in total. The predicted octanol–water partition coefficient (Wildman–Crippen LogP) is 16.1. The second-order valence-corrected chi connectivity index (χ2v) is 29.8. The molecule has 310 valence electrons. The third-order valence-electron chi connectivity index (χ3n) is 11.7. The monoisotopic (exact) mass is 822 g/mol. The molecule has 0 bridgehead atoms. The summed E-state index contributed by atoms with van der Waals surface area (Å²) in [6.45, 7) is 12.5. The zero-order valence-electron chi connectivity index (χ0n) is 35.9. The van der Waals surface area contributed by atoms with Crippen LogP contribution in [0.4, 0.5) is 0 Å². The number of benzene rings is 2. The van der Waals surface area contributed by atoms with E-state index in [4.69, 9.17) is 9.05 Å². The van der Waals surface area contributed by atoms with E-state index >= 15 is 0 Å². The van der Waals surface area contributed by atoms with Crippen LogP contribution in [-0.4, -0.2) is 61.2 Å². The molecule has 0 saturated carbocycles. The molecule has 2 aromatic carbocycles. The zero-order valence-corrected chi connectivity index (χ0v) is 39.4. The van der Waals surface area contributed by atoms with Crippen LogP contribution in [0.3, 0.4) is 0 Å². The van der Waals surface area contributed by atoms with Crippen molar-refractivity contribution in [3.8, 4) is 0 Å². The van der Waals surface area contributed by atoms with Crippen molar-refractivity contribution in [2.75, 3.05) is 49.3 Å². The molecule has 0 aliphatic heterocycles. The van der Waals surface area contributed by atoms with Crippen molar-refractivity contribution in [2.45, 2.75) is 168 Å². The van der Waals surface area contributed by atoms with Gasteiger partial charge in [-0.1, -0.05) is 0 Å². The van der Waals surface area contributed by atoms with Gasteiger partial charge >= 0.3 is 343 Å². The fourth-order valence-electron chi connectivity index (χ4n) is 8.24. The van der Waals surface area contributed by atoms with Crippen molar-refractivity contribution in [1.29, 1.82) is 0 Å². The van der Waals surface area contributed by atoms with Gasteiger partial charge in [-0.05, 0) is 0 Å². The number of carbonyl (C=O) groups excluding carboxylic acids is 2. The van der Waals surface area contributed by atoms with Gasteiger partial charge in [-0.2, -0.15) is 0 Å². The standard InChI is InChI=1S/C46H80O4P2S2/c1-9-17-33-51(34-18-10-2,35-19-11-3,36-20-12-4)49-45(47)41-29-25-27-31-43(41)53-54-44-32-28-26-30-42(44)46(48)50-52(37-21-13-5,38-22-14-6,39-23-15-7)40-24-16-8/h25-32H,9-24,33-40H2,1-8H3. The summed E-state index contributed by atoms with van der Waals surface area (Å²) in [5.74, 6) is -0.306. The molecule has 4 nitrogen and oxygen atoms in total. The number of unbranched alkanes of at least 4 members (excludes halogenated alkanes) is 8. The summed E-state index contributed by atoms with van der Waals surface area (Å²) in [6, 6.07) is 15.9. The van der Waals surface area contributed by atoms with Crippen molar-refractivity contribution in [2.24, 2.45) is 0 Å². The molecule has 0 radical (unpaired) electrons. The Morgan fingerprint density at radius 1 is 0.407 bits per heavy atom.